The highest BCUT2D eigenvalue weighted by Crippen LogP contribution is 2.23. The van der Waals surface area contributed by atoms with Gasteiger partial charge in [-0.1, -0.05) is 36.8 Å². The first kappa shape index (κ1) is 18.7. The fraction of sp³-hybridized carbons (Fsp3) is 0.227. The fourth-order valence-electron chi connectivity index (χ4n) is 3.41. The van der Waals surface area contributed by atoms with E-state index in [0.29, 0.717) is 24.4 Å². The van der Waals surface area contributed by atoms with Gasteiger partial charge in [-0.2, -0.15) is 4.31 Å². The molecule has 1 heterocycles. The zero-order valence-corrected chi connectivity index (χ0v) is 16.2. The van der Waals surface area contributed by atoms with Gasteiger partial charge in [0.25, 0.3) is 0 Å². The van der Waals surface area contributed by atoms with Gasteiger partial charge in [0.1, 0.15) is 5.75 Å². The lowest BCUT2D eigenvalue weighted by atomic mass is 10.1. The molecule has 0 unspecified atom stereocenters. The van der Waals surface area contributed by atoms with Crippen molar-refractivity contribution >= 4 is 26.8 Å². The van der Waals surface area contributed by atoms with E-state index in [9.17, 15) is 13.2 Å². The van der Waals surface area contributed by atoms with E-state index in [2.05, 4.69) is 0 Å². The first-order chi connectivity index (χ1) is 13.5. The van der Waals surface area contributed by atoms with Crippen LogP contribution in [0.5, 0.6) is 5.75 Å². The second kappa shape index (κ2) is 7.73. The molecule has 3 aromatic carbocycles. The van der Waals surface area contributed by atoms with Crippen LogP contribution in [0, 0.1) is 0 Å². The second-order valence-electron chi connectivity index (χ2n) is 6.89. The number of esters is 1. The minimum atomic E-state index is -3.51. The van der Waals surface area contributed by atoms with Crippen molar-refractivity contribution in [3.63, 3.8) is 0 Å². The third kappa shape index (κ3) is 3.79. The Balaban J connectivity index is 1.50. The number of hydrogen-bond acceptors (Lipinski definition) is 4. The van der Waals surface area contributed by atoms with Gasteiger partial charge in [0.2, 0.25) is 10.0 Å². The normalized spacial score (nSPS) is 15.4. The maximum atomic E-state index is 12.7. The van der Waals surface area contributed by atoms with Crippen LogP contribution in [0.1, 0.15) is 29.6 Å². The molecule has 0 radical (unpaired) electrons. The van der Waals surface area contributed by atoms with Crippen LogP contribution in [0.2, 0.25) is 0 Å². The Hall–Kier alpha value is -2.70. The predicted octanol–water partition coefficient (Wildman–Crippen LogP) is 4.23. The summed E-state index contributed by atoms with van der Waals surface area (Å²) in [7, 11) is -3.51. The number of piperidine rings is 1. The molecule has 0 N–H and O–H groups in total. The van der Waals surface area contributed by atoms with E-state index in [1.807, 2.05) is 36.4 Å². The molecule has 1 fully saturated rings. The summed E-state index contributed by atoms with van der Waals surface area (Å²) in [6, 6.07) is 19.2. The standard InChI is InChI=1S/C22H21NO4S/c24-22(27-20-11-8-17-6-2-3-7-19(17)16-20)18-9-12-21(13-10-18)28(25,26)23-14-4-1-5-15-23/h2-3,6-13,16H,1,4-5,14-15H2. The van der Waals surface area contributed by atoms with Gasteiger partial charge in [0, 0.05) is 13.1 Å². The highest BCUT2D eigenvalue weighted by Gasteiger charge is 2.26. The van der Waals surface area contributed by atoms with Crippen molar-refractivity contribution < 1.29 is 17.9 Å². The van der Waals surface area contributed by atoms with E-state index in [1.54, 1.807) is 6.07 Å². The number of carbonyl (C=O) groups is 1. The van der Waals surface area contributed by atoms with Gasteiger partial charge < -0.3 is 4.74 Å². The second-order valence-corrected chi connectivity index (χ2v) is 8.83. The largest absolute Gasteiger partial charge is 0.423 e. The zero-order chi connectivity index (χ0) is 19.6. The molecule has 4 rings (SSSR count). The lowest BCUT2D eigenvalue weighted by Gasteiger charge is -2.25. The maximum absolute atomic E-state index is 12.7. The Morgan fingerprint density at radius 1 is 0.821 bits per heavy atom. The summed E-state index contributed by atoms with van der Waals surface area (Å²) < 4.78 is 32.4. The molecule has 5 nitrogen and oxygen atoms in total. The monoisotopic (exact) mass is 395 g/mol. The first-order valence-electron chi connectivity index (χ1n) is 9.35. The van der Waals surface area contributed by atoms with Crippen LogP contribution in [0.3, 0.4) is 0 Å². The fourth-order valence-corrected chi connectivity index (χ4v) is 4.93. The first-order valence-corrected chi connectivity index (χ1v) is 10.8. The van der Waals surface area contributed by atoms with Gasteiger partial charge in [-0.25, -0.2) is 13.2 Å². The molecule has 1 aliphatic heterocycles. The highest BCUT2D eigenvalue weighted by molar-refractivity contribution is 7.89. The molecule has 1 aliphatic rings. The molecule has 3 aromatic rings. The van der Waals surface area contributed by atoms with E-state index in [-0.39, 0.29) is 4.90 Å². The number of nitrogens with zero attached hydrogens (tertiary/aromatic N) is 1. The van der Waals surface area contributed by atoms with Crippen molar-refractivity contribution in [1.29, 1.82) is 0 Å². The van der Waals surface area contributed by atoms with Crippen LogP contribution in [-0.4, -0.2) is 31.8 Å². The van der Waals surface area contributed by atoms with Crippen LogP contribution in [0.4, 0.5) is 0 Å². The Morgan fingerprint density at radius 2 is 1.50 bits per heavy atom. The number of rotatable bonds is 4. The molecule has 6 heteroatoms. The van der Waals surface area contributed by atoms with E-state index < -0.39 is 16.0 Å². The van der Waals surface area contributed by atoms with Crippen LogP contribution < -0.4 is 4.74 Å². The van der Waals surface area contributed by atoms with Gasteiger partial charge in [-0.05, 0) is 60.0 Å². The molecule has 144 valence electrons. The third-order valence-electron chi connectivity index (χ3n) is 4.97. The molecule has 0 spiro atoms. The lowest BCUT2D eigenvalue weighted by molar-refractivity contribution is 0.0735. The van der Waals surface area contributed by atoms with Crippen molar-refractivity contribution in [3.8, 4) is 5.75 Å². The van der Waals surface area contributed by atoms with Crippen LogP contribution in [-0.2, 0) is 10.0 Å². The molecule has 1 saturated heterocycles. The van der Waals surface area contributed by atoms with Gasteiger partial charge in [0.15, 0.2) is 0 Å². The average molecular weight is 395 g/mol. The minimum absolute atomic E-state index is 0.205. The Bertz CT molecular complexity index is 1100. The summed E-state index contributed by atoms with van der Waals surface area (Å²) in [5.74, 6) is -0.0640. The van der Waals surface area contributed by atoms with Crippen molar-refractivity contribution in [1.82, 2.24) is 4.31 Å². The molecular formula is C22H21NO4S. The lowest BCUT2D eigenvalue weighted by Crippen LogP contribution is -2.35. The minimum Gasteiger partial charge on any atom is -0.423 e. The SMILES string of the molecule is O=C(Oc1ccc2ccccc2c1)c1ccc(S(=O)(=O)N2CCCCC2)cc1. The topological polar surface area (TPSA) is 63.7 Å². The molecule has 0 atom stereocenters. The van der Waals surface area contributed by atoms with E-state index in [0.717, 1.165) is 30.0 Å². The molecule has 0 bridgehead atoms. The molecule has 0 amide bonds. The number of ether oxygens (including phenoxy) is 1. The average Bonchev–Trinajstić information content (AvgIpc) is 2.74. The number of fused-ring (bicyclic) bond motifs is 1. The smallest absolute Gasteiger partial charge is 0.343 e. The highest BCUT2D eigenvalue weighted by atomic mass is 32.2. The van der Waals surface area contributed by atoms with Crippen molar-refractivity contribution in [2.45, 2.75) is 24.2 Å². The van der Waals surface area contributed by atoms with Crippen molar-refractivity contribution in [2.75, 3.05) is 13.1 Å². The van der Waals surface area contributed by atoms with Crippen molar-refractivity contribution in [3.05, 3.63) is 72.3 Å². The summed E-state index contributed by atoms with van der Waals surface area (Å²) in [4.78, 5) is 12.6. The predicted molar refractivity (Wildman–Crippen MR) is 108 cm³/mol. The van der Waals surface area contributed by atoms with E-state index in [4.69, 9.17) is 4.74 Å². The molecule has 0 saturated carbocycles. The number of hydrogen-bond donors (Lipinski definition) is 0. The van der Waals surface area contributed by atoms with Gasteiger partial charge >= 0.3 is 5.97 Å². The summed E-state index contributed by atoms with van der Waals surface area (Å²) in [5.41, 5.74) is 0.311. The quantitative estimate of drug-likeness (QED) is 0.490. The summed E-state index contributed by atoms with van der Waals surface area (Å²) >= 11 is 0. The molecule has 28 heavy (non-hydrogen) atoms. The van der Waals surface area contributed by atoms with Gasteiger partial charge in [0.05, 0.1) is 10.5 Å². The van der Waals surface area contributed by atoms with Gasteiger partial charge in [-0.15, -0.1) is 0 Å². The van der Waals surface area contributed by atoms with Crippen LogP contribution in [0.25, 0.3) is 10.8 Å². The number of benzene rings is 3. The molecule has 0 aromatic heterocycles. The van der Waals surface area contributed by atoms with Gasteiger partial charge in [-0.3, -0.25) is 0 Å². The summed E-state index contributed by atoms with van der Waals surface area (Å²) in [5, 5.41) is 2.05. The zero-order valence-electron chi connectivity index (χ0n) is 15.4. The van der Waals surface area contributed by atoms with E-state index >= 15 is 0 Å². The third-order valence-corrected chi connectivity index (χ3v) is 6.89. The Kier molecular flexibility index (Phi) is 5.15. The number of carbonyl (C=O) groups excluding carboxylic acids is 1. The Labute approximate surface area is 164 Å². The Morgan fingerprint density at radius 3 is 2.21 bits per heavy atom. The molecule has 0 aliphatic carbocycles. The number of sulfonamides is 1. The summed E-state index contributed by atoms with van der Waals surface area (Å²) in [6.45, 7) is 1.10. The van der Waals surface area contributed by atoms with Crippen LogP contribution in [0.15, 0.2) is 71.6 Å². The maximum Gasteiger partial charge on any atom is 0.343 e. The van der Waals surface area contributed by atoms with Crippen LogP contribution >= 0.6 is 0 Å². The van der Waals surface area contributed by atoms with E-state index in [1.165, 1.54) is 28.6 Å². The van der Waals surface area contributed by atoms with Crippen molar-refractivity contribution in [2.24, 2.45) is 0 Å². The molecular weight excluding hydrogens is 374 g/mol. The summed E-state index contributed by atoms with van der Waals surface area (Å²) in [6.07, 6.45) is 2.83.